The quantitative estimate of drug-likeness (QED) is 0.442. The first-order valence-electron chi connectivity index (χ1n) is 5.50. The Morgan fingerprint density at radius 2 is 1.50 bits per heavy atom. The minimum atomic E-state index is -0.617. The molecule has 1 amide bonds. The fourth-order valence-electron chi connectivity index (χ4n) is 1.61. The Labute approximate surface area is 184 Å². The van der Waals surface area contributed by atoms with Gasteiger partial charge in [-0.3, -0.25) is 0 Å². The Kier molecular flexibility index (Phi) is 45.9. The van der Waals surface area contributed by atoms with Gasteiger partial charge in [0.05, 0.1) is 5.91 Å². The van der Waals surface area contributed by atoms with Crippen molar-refractivity contribution in [2.45, 2.75) is 19.5 Å². The number of rotatable bonds is 2. The minimum Gasteiger partial charge on any atom is -1.00 e. The predicted molar refractivity (Wildman–Crippen MR) is 100.0 cm³/mol. The van der Waals surface area contributed by atoms with E-state index in [1.54, 1.807) is 12.1 Å². The Morgan fingerprint density at radius 3 is 1.88 bits per heavy atom. The van der Waals surface area contributed by atoms with Gasteiger partial charge in [0.1, 0.15) is 0 Å². The number of hydrogen-bond acceptors (Lipinski definition) is 1. The first kappa shape index (κ1) is 43.9. The minimum absolute atomic E-state index is 0. The van der Waals surface area contributed by atoms with Crippen molar-refractivity contribution in [2.24, 2.45) is 0 Å². The van der Waals surface area contributed by atoms with Gasteiger partial charge in [-0.05, 0) is 17.6 Å². The van der Waals surface area contributed by atoms with Crippen molar-refractivity contribution in [1.29, 1.82) is 0 Å². The number of benzene rings is 1. The maximum Gasteiger partial charge on any atom is 2.00 e. The summed E-state index contributed by atoms with van der Waals surface area (Å²) in [5.41, 5.74) is 9.62. The van der Waals surface area contributed by atoms with Gasteiger partial charge in [-0.25, -0.2) is 0 Å². The zero-order valence-electron chi connectivity index (χ0n) is 15.4. The van der Waals surface area contributed by atoms with E-state index in [0.29, 0.717) is 5.56 Å². The molecule has 2 nitrogen and oxygen atoms in total. The van der Waals surface area contributed by atoms with Gasteiger partial charge < -0.3 is 65.0 Å². The normalized spacial score (nSPS) is 9.00. The van der Waals surface area contributed by atoms with E-state index < -0.39 is 5.91 Å². The molecular weight excluding hydrogens is 436 g/mol. The van der Waals surface area contributed by atoms with E-state index in [0.717, 1.165) is 27.1 Å². The van der Waals surface area contributed by atoms with Crippen molar-refractivity contribution < 1.29 is 55.8 Å². The van der Waals surface area contributed by atoms with E-state index in [4.69, 9.17) is 5.73 Å². The second-order valence-corrected chi connectivity index (χ2v) is 4.70. The van der Waals surface area contributed by atoms with E-state index in [9.17, 15) is 4.79 Å². The summed E-state index contributed by atoms with van der Waals surface area (Å²) in [5, 5.41) is 0. The fraction of sp³-hybridized carbons (Fsp3) is 0.167. The van der Waals surface area contributed by atoms with Crippen LogP contribution in [0.4, 0.5) is 0 Å². The predicted octanol–water partition coefficient (Wildman–Crippen LogP) is -0.184. The molecule has 1 aromatic rings. The second-order valence-electron chi connectivity index (χ2n) is 3.70. The van der Waals surface area contributed by atoms with Crippen molar-refractivity contribution >= 4 is 21.0 Å². The molecule has 1 N–H and O–H groups in total. The maximum atomic E-state index is 11.0. The van der Waals surface area contributed by atoms with Gasteiger partial charge >= 0.3 is 26.2 Å². The van der Waals surface area contributed by atoms with Crippen LogP contribution in [0.5, 0.6) is 0 Å². The molecular formula is C18H28Cl2NOSiZr-5. The first-order valence-corrected chi connectivity index (χ1v) is 7.50. The van der Waals surface area contributed by atoms with Crippen LogP contribution in [0.3, 0.4) is 0 Å². The molecule has 138 valence electrons. The molecule has 1 aliphatic rings. The molecule has 2 rings (SSSR count). The standard InChI is InChI=1S/C12H11NO.C2H6Si.4CH3.2ClH.Zr/c13-12(14)11-8-4-3-7-10(11)9-5-1-2-6-9;1-3-2;;;;;;;/h1-5,7-8H,6H2,(H2,13,14);1-2H3;4*1H3;2*1H;/q;;4*-1;;;+2/p-3. The molecule has 24 heavy (non-hydrogen) atoms. The van der Waals surface area contributed by atoms with Gasteiger partial charge in [0.2, 0.25) is 0 Å². The third-order valence-corrected chi connectivity index (χ3v) is 2.29. The van der Waals surface area contributed by atoms with Crippen LogP contribution in [0.1, 0.15) is 22.3 Å². The zero-order chi connectivity index (χ0) is 12.7. The van der Waals surface area contributed by atoms with Crippen LogP contribution in [0.15, 0.2) is 42.5 Å². The second kappa shape index (κ2) is 25.1. The summed E-state index contributed by atoms with van der Waals surface area (Å²) < 4.78 is 0. The van der Waals surface area contributed by atoms with Crippen LogP contribution in [-0.2, 0) is 26.2 Å². The van der Waals surface area contributed by atoms with Crippen molar-refractivity contribution in [3.63, 3.8) is 0 Å². The molecule has 0 spiro atoms. The van der Waals surface area contributed by atoms with Gasteiger partial charge in [0, 0.05) is 15.1 Å². The number of hydrogen-bond donors (Lipinski definition) is 0. The van der Waals surface area contributed by atoms with Crippen molar-refractivity contribution in [1.82, 2.24) is 0 Å². The SMILES string of the molecule is C[Si]C.[CH3-].[CH3-].[CH3-].[CH3-].[Cl-].[Cl-].[NH-]C(=O)c1ccccc1C1=CC=CC1.[Zr+2]. The third-order valence-electron chi connectivity index (χ3n) is 2.29. The molecule has 0 bridgehead atoms. The molecule has 1 aliphatic carbocycles. The van der Waals surface area contributed by atoms with E-state index in [1.807, 2.05) is 30.4 Å². The Balaban J connectivity index is -0.0000000542. The van der Waals surface area contributed by atoms with Gasteiger partial charge in [0.25, 0.3) is 0 Å². The van der Waals surface area contributed by atoms with Crippen LogP contribution in [0, 0.1) is 29.7 Å². The summed E-state index contributed by atoms with van der Waals surface area (Å²) in [6, 6.07) is 7.26. The Morgan fingerprint density at radius 1 is 1.04 bits per heavy atom. The molecule has 2 radical (unpaired) electrons. The average molecular weight is 465 g/mol. The van der Waals surface area contributed by atoms with E-state index in [-0.39, 0.29) is 80.7 Å². The summed E-state index contributed by atoms with van der Waals surface area (Å²) in [6.45, 7) is 4.31. The average Bonchev–Trinajstić information content (AvgIpc) is 2.83. The third kappa shape index (κ3) is 14.2. The van der Waals surface area contributed by atoms with Crippen LogP contribution < -0.4 is 24.8 Å². The van der Waals surface area contributed by atoms with Gasteiger partial charge in [-0.1, -0.05) is 55.6 Å². The van der Waals surface area contributed by atoms with Crippen molar-refractivity contribution in [3.05, 3.63) is 89.1 Å². The first-order chi connectivity index (χ1) is 8.20. The smallest absolute Gasteiger partial charge is 1.00 e. The van der Waals surface area contributed by atoms with Crippen molar-refractivity contribution in [3.8, 4) is 0 Å². The zero-order valence-corrected chi connectivity index (χ0v) is 20.4. The molecule has 0 aromatic heterocycles. The number of carbonyl (C=O) groups excluding carboxylic acids is 1. The summed E-state index contributed by atoms with van der Waals surface area (Å²) in [5.74, 6) is -0.617. The summed E-state index contributed by atoms with van der Waals surface area (Å²) in [6.07, 6.45) is 6.85. The van der Waals surface area contributed by atoms with E-state index >= 15 is 0 Å². The molecule has 6 heteroatoms. The molecule has 0 heterocycles. The number of carbonyl (C=O) groups is 1. The van der Waals surface area contributed by atoms with Gasteiger partial charge in [-0.2, -0.15) is 0 Å². The number of amides is 1. The summed E-state index contributed by atoms with van der Waals surface area (Å²) in [7, 11) is 1.08. The fourth-order valence-corrected chi connectivity index (χ4v) is 1.61. The van der Waals surface area contributed by atoms with Crippen molar-refractivity contribution in [2.75, 3.05) is 0 Å². The van der Waals surface area contributed by atoms with E-state index in [1.165, 1.54) is 0 Å². The van der Waals surface area contributed by atoms with Gasteiger partial charge in [0.15, 0.2) is 0 Å². The van der Waals surface area contributed by atoms with Crippen LogP contribution in [0.2, 0.25) is 13.1 Å². The number of halogens is 2. The molecule has 1 aromatic carbocycles. The Hall–Kier alpha value is -0.150. The monoisotopic (exact) mass is 462 g/mol. The Bertz CT molecular complexity index is 466. The topological polar surface area (TPSA) is 40.9 Å². The van der Waals surface area contributed by atoms with E-state index in [2.05, 4.69) is 13.1 Å². The molecule has 0 unspecified atom stereocenters. The molecule has 0 fully saturated rings. The molecule has 0 saturated heterocycles. The largest absolute Gasteiger partial charge is 2.00 e. The summed E-state index contributed by atoms with van der Waals surface area (Å²) >= 11 is 0. The van der Waals surface area contributed by atoms with Crippen LogP contribution in [0.25, 0.3) is 11.3 Å². The molecule has 0 atom stereocenters. The van der Waals surface area contributed by atoms with Crippen LogP contribution >= 0.6 is 0 Å². The van der Waals surface area contributed by atoms with Gasteiger partial charge in [-0.15, -0.1) is 0 Å². The number of allylic oxidation sites excluding steroid dienone is 4. The molecule has 0 saturated carbocycles. The summed E-state index contributed by atoms with van der Waals surface area (Å²) in [4.78, 5) is 11.0. The van der Waals surface area contributed by atoms with Crippen LogP contribution in [-0.4, -0.2) is 15.4 Å². The number of nitrogens with one attached hydrogen (secondary N) is 1. The molecule has 0 aliphatic heterocycles. The maximum absolute atomic E-state index is 11.0.